The second-order valence-corrected chi connectivity index (χ2v) is 8.20. The molecule has 0 fully saturated rings. The molecule has 1 atom stereocenters. The van der Waals surface area contributed by atoms with Crippen LogP contribution in [0.1, 0.15) is 24.3 Å². The topological polar surface area (TPSA) is 98.5 Å². The van der Waals surface area contributed by atoms with E-state index >= 15 is 0 Å². The molecule has 1 aliphatic heterocycles. The van der Waals surface area contributed by atoms with E-state index in [1.807, 2.05) is 37.3 Å². The lowest BCUT2D eigenvalue weighted by Crippen LogP contribution is -2.28. The van der Waals surface area contributed by atoms with Crippen LogP contribution in [0.2, 0.25) is 0 Å². The molecule has 0 saturated heterocycles. The summed E-state index contributed by atoms with van der Waals surface area (Å²) in [6.45, 7) is 2.71. The number of nitrogens with one attached hydrogen (secondary N) is 2. The number of hydrogen-bond donors (Lipinski definition) is 2. The number of amides is 1. The third-order valence-corrected chi connectivity index (χ3v) is 6.02. The van der Waals surface area contributed by atoms with Crippen LogP contribution in [0.5, 0.6) is 11.5 Å². The Balaban J connectivity index is 1.24. The zero-order valence-electron chi connectivity index (χ0n) is 15.0. The Morgan fingerprint density at radius 2 is 2.18 bits per heavy atom. The van der Waals surface area contributed by atoms with Gasteiger partial charge in [0.05, 0.1) is 24.6 Å². The van der Waals surface area contributed by atoms with Gasteiger partial charge in [0.2, 0.25) is 17.8 Å². The Morgan fingerprint density at radius 1 is 1.29 bits per heavy atom. The van der Waals surface area contributed by atoms with Gasteiger partial charge in [-0.2, -0.15) is 0 Å². The Labute approximate surface area is 169 Å². The van der Waals surface area contributed by atoms with E-state index < -0.39 is 0 Å². The molecule has 146 valence electrons. The van der Waals surface area contributed by atoms with Gasteiger partial charge in [-0.15, -0.1) is 10.2 Å². The molecule has 0 aliphatic carbocycles. The highest BCUT2D eigenvalue weighted by Crippen LogP contribution is 2.34. The molecule has 4 rings (SSSR count). The first kappa shape index (κ1) is 18.6. The largest absolute Gasteiger partial charge is 0.467 e. The molecule has 8 nitrogen and oxygen atoms in total. The number of ether oxygens (including phenoxy) is 2. The number of rotatable bonds is 8. The minimum Gasteiger partial charge on any atom is -0.467 e. The number of nitrogens with zero attached hydrogens (tertiary/aromatic N) is 2. The summed E-state index contributed by atoms with van der Waals surface area (Å²) in [5, 5.41) is 15.0. The van der Waals surface area contributed by atoms with Crippen molar-refractivity contribution in [2.75, 3.05) is 17.9 Å². The number of benzene rings is 1. The van der Waals surface area contributed by atoms with Crippen molar-refractivity contribution in [3.63, 3.8) is 0 Å². The molecule has 0 bridgehead atoms. The van der Waals surface area contributed by atoms with E-state index in [4.69, 9.17) is 13.9 Å². The molecule has 2 N–H and O–H groups in total. The zero-order chi connectivity index (χ0) is 19.3. The molecule has 1 aromatic carbocycles. The summed E-state index contributed by atoms with van der Waals surface area (Å²) in [4.78, 5) is 12.3. The number of carbonyl (C=O) groups is 1. The molecule has 3 aromatic rings. The van der Waals surface area contributed by atoms with Gasteiger partial charge in [-0.25, -0.2) is 0 Å². The van der Waals surface area contributed by atoms with Crippen molar-refractivity contribution in [3.05, 3.63) is 47.9 Å². The van der Waals surface area contributed by atoms with Crippen molar-refractivity contribution in [3.8, 4) is 11.5 Å². The van der Waals surface area contributed by atoms with Gasteiger partial charge >= 0.3 is 0 Å². The molecule has 1 amide bonds. The normalized spacial score (nSPS) is 13.3. The molecule has 0 spiro atoms. The number of thioether (sulfide) groups is 1. The maximum Gasteiger partial charge on any atom is 0.231 e. The van der Waals surface area contributed by atoms with E-state index in [2.05, 4.69) is 20.8 Å². The van der Waals surface area contributed by atoms with E-state index in [-0.39, 0.29) is 24.5 Å². The number of fused-ring (bicyclic) bond motifs is 1. The number of aromatic nitrogens is 2. The quantitative estimate of drug-likeness (QED) is 0.537. The van der Waals surface area contributed by atoms with Crippen molar-refractivity contribution in [2.24, 2.45) is 0 Å². The van der Waals surface area contributed by atoms with Crippen molar-refractivity contribution >= 4 is 34.1 Å². The molecule has 1 aliphatic rings. The lowest BCUT2D eigenvalue weighted by atomic mass is 10.1. The van der Waals surface area contributed by atoms with Gasteiger partial charge in [-0.1, -0.05) is 29.2 Å². The lowest BCUT2D eigenvalue weighted by Gasteiger charge is -2.14. The summed E-state index contributed by atoms with van der Waals surface area (Å²) in [5.41, 5.74) is 0.961. The van der Waals surface area contributed by atoms with Crippen molar-refractivity contribution in [1.82, 2.24) is 15.5 Å². The van der Waals surface area contributed by atoms with Gasteiger partial charge in [0.1, 0.15) is 5.76 Å². The van der Waals surface area contributed by atoms with Crippen LogP contribution in [0.4, 0.5) is 5.13 Å². The van der Waals surface area contributed by atoms with Gasteiger partial charge in [0.25, 0.3) is 0 Å². The third kappa shape index (κ3) is 4.57. The summed E-state index contributed by atoms with van der Waals surface area (Å²) in [6.07, 6.45) is 1.63. The summed E-state index contributed by atoms with van der Waals surface area (Å²) in [7, 11) is 0. The highest BCUT2D eigenvalue weighted by molar-refractivity contribution is 8.01. The van der Waals surface area contributed by atoms with Crippen LogP contribution < -0.4 is 20.1 Å². The fraction of sp³-hybridized carbons (Fsp3) is 0.278. The molecule has 0 unspecified atom stereocenters. The Morgan fingerprint density at radius 3 is 3.04 bits per heavy atom. The molecule has 28 heavy (non-hydrogen) atoms. The number of anilines is 1. The van der Waals surface area contributed by atoms with E-state index in [0.29, 0.717) is 17.4 Å². The Kier molecular flexibility index (Phi) is 5.68. The smallest absolute Gasteiger partial charge is 0.231 e. The molecule has 0 saturated carbocycles. The van der Waals surface area contributed by atoms with Gasteiger partial charge in [-0.05, 0) is 36.8 Å². The maximum absolute atomic E-state index is 12.3. The van der Waals surface area contributed by atoms with Crippen molar-refractivity contribution in [1.29, 1.82) is 0 Å². The molecule has 10 heteroatoms. The predicted octanol–water partition coefficient (Wildman–Crippen LogP) is 3.44. The van der Waals surface area contributed by atoms with Crippen LogP contribution >= 0.6 is 23.1 Å². The van der Waals surface area contributed by atoms with Crippen LogP contribution in [0, 0.1) is 0 Å². The van der Waals surface area contributed by atoms with E-state index in [1.54, 1.807) is 6.26 Å². The van der Waals surface area contributed by atoms with Crippen LogP contribution in [0.3, 0.4) is 0 Å². The minimum absolute atomic E-state index is 0.0736. The fourth-order valence-corrected chi connectivity index (χ4v) is 4.15. The highest BCUT2D eigenvalue weighted by atomic mass is 32.2. The first-order valence-electron chi connectivity index (χ1n) is 8.59. The van der Waals surface area contributed by atoms with E-state index in [1.165, 1.54) is 23.1 Å². The number of hydrogen-bond acceptors (Lipinski definition) is 9. The minimum atomic E-state index is -0.137. The van der Waals surface area contributed by atoms with E-state index in [9.17, 15) is 4.79 Å². The van der Waals surface area contributed by atoms with E-state index in [0.717, 1.165) is 21.4 Å². The van der Waals surface area contributed by atoms with Crippen molar-refractivity contribution in [2.45, 2.75) is 23.8 Å². The van der Waals surface area contributed by atoms with Gasteiger partial charge < -0.3 is 24.5 Å². The lowest BCUT2D eigenvalue weighted by molar-refractivity contribution is -0.119. The molecule has 0 radical (unpaired) electrons. The van der Waals surface area contributed by atoms with Gasteiger partial charge in [0, 0.05) is 0 Å². The second-order valence-electron chi connectivity index (χ2n) is 6.00. The SMILES string of the molecule is C[C@H](NC(=O)CSc1nnc(NCc2ccco2)s1)c1ccc2c(c1)OCO2. The summed E-state index contributed by atoms with van der Waals surface area (Å²) >= 11 is 2.76. The van der Waals surface area contributed by atoms with Gasteiger partial charge in [-0.3, -0.25) is 4.79 Å². The molecule has 3 heterocycles. The van der Waals surface area contributed by atoms with Crippen LogP contribution in [0.25, 0.3) is 0 Å². The predicted molar refractivity (Wildman–Crippen MR) is 106 cm³/mol. The van der Waals surface area contributed by atoms with Crippen LogP contribution in [-0.2, 0) is 11.3 Å². The monoisotopic (exact) mass is 418 g/mol. The Bertz CT molecular complexity index is 945. The number of carbonyl (C=O) groups excluding carboxylic acids is 1. The molecular formula is C18H18N4O4S2. The second kappa shape index (κ2) is 8.53. The summed E-state index contributed by atoms with van der Waals surface area (Å²) < 4.78 is 16.7. The van der Waals surface area contributed by atoms with Gasteiger partial charge in [0.15, 0.2) is 15.8 Å². The molecule has 2 aromatic heterocycles. The van der Waals surface area contributed by atoms with Crippen LogP contribution in [0.15, 0.2) is 45.4 Å². The summed E-state index contributed by atoms with van der Waals surface area (Å²) in [6, 6.07) is 9.25. The standard InChI is InChI=1S/C18H18N4O4S2/c1-11(12-4-5-14-15(7-12)26-10-25-14)20-16(23)9-27-18-22-21-17(28-18)19-8-13-3-2-6-24-13/h2-7,11H,8-10H2,1H3,(H,19,21)(H,20,23)/t11-/m0/s1. The summed E-state index contributed by atoms with van der Waals surface area (Å²) in [5.74, 6) is 2.44. The first-order chi connectivity index (χ1) is 13.7. The average molecular weight is 419 g/mol. The number of furan rings is 1. The highest BCUT2D eigenvalue weighted by Gasteiger charge is 2.17. The fourth-order valence-electron chi connectivity index (χ4n) is 2.59. The van der Waals surface area contributed by atoms with Crippen LogP contribution in [-0.4, -0.2) is 28.7 Å². The average Bonchev–Trinajstić information content (AvgIpc) is 3.45. The Hall–Kier alpha value is -2.72. The zero-order valence-corrected chi connectivity index (χ0v) is 16.6. The van der Waals surface area contributed by atoms with Crippen molar-refractivity contribution < 1.29 is 18.7 Å². The maximum atomic E-state index is 12.3. The first-order valence-corrected chi connectivity index (χ1v) is 10.4. The third-order valence-electron chi connectivity index (χ3n) is 4.00. The molecular weight excluding hydrogens is 400 g/mol.